The zero-order chi connectivity index (χ0) is 10.8. The quantitative estimate of drug-likeness (QED) is 0.743. The number of nitrogens with one attached hydrogen (secondary N) is 1. The van der Waals surface area contributed by atoms with Crippen molar-refractivity contribution in [2.24, 2.45) is 0 Å². The second-order valence-corrected chi connectivity index (χ2v) is 3.39. The third kappa shape index (κ3) is 1.66. The highest BCUT2D eigenvalue weighted by Gasteiger charge is 2.32. The number of carbonyl (C=O) groups excluding carboxylic acids is 1. The molecule has 1 atom stereocenters. The van der Waals surface area contributed by atoms with E-state index in [0.717, 1.165) is 0 Å². The van der Waals surface area contributed by atoms with Gasteiger partial charge in [-0.15, -0.1) is 0 Å². The zero-order valence-electron chi connectivity index (χ0n) is 8.73. The summed E-state index contributed by atoms with van der Waals surface area (Å²) in [5.74, 6) is 1.16. The van der Waals surface area contributed by atoms with Crippen LogP contribution in [0.1, 0.15) is 0 Å². The van der Waals surface area contributed by atoms with Crippen LogP contribution in [0.2, 0.25) is 0 Å². The van der Waals surface area contributed by atoms with Crippen molar-refractivity contribution in [2.45, 2.75) is 6.10 Å². The Morgan fingerprint density at radius 3 is 3.20 bits per heavy atom. The number of amides is 1. The Hall–Kier alpha value is -1.62. The summed E-state index contributed by atoms with van der Waals surface area (Å²) in [5.41, 5.74) is 0. The minimum absolute atomic E-state index is 0.0736. The number of pyridine rings is 1. The van der Waals surface area contributed by atoms with Gasteiger partial charge in [0, 0.05) is 19.8 Å². The maximum atomic E-state index is 11.8. The van der Waals surface area contributed by atoms with Crippen molar-refractivity contribution in [1.82, 2.24) is 10.3 Å². The Morgan fingerprint density at radius 1 is 1.67 bits per heavy atom. The first-order valence-electron chi connectivity index (χ1n) is 4.78. The standard InChI is InChI=1S/C10H13N3O2/c1-11-6-8-10(14)13(2)9-7(15-8)4-3-5-12-9/h3-5,8,11H,6H2,1-2H3. The molecule has 2 heterocycles. The maximum Gasteiger partial charge on any atom is 0.270 e. The van der Waals surface area contributed by atoms with Gasteiger partial charge >= 0.3 is 0 Å². The van der Waals surface area contributed by atoms with Crippen molar-refractivity contribution in [1.29, 1.82) is 0 Å². The second kappa shape index (κ2) is 3.86. The topological polar surface area (TPSA) is 54.5 Å². The molecule has 0 radical (unpaired) electrons. The fraction of sp³-hybridized carbons (Fsp3) is 0.400. The molecule has 80 valence electrons. The van der Waals surface area contributed by atoms with E-state index in [1.54, 1.807) is 26.4 Å². The number of anilines is 1. The molecule has 5 heteroatoms. The molecule has 15 heavy (non-hydrogen) atoms. The largest absolute Gasteiger partial charge is 0.475 e. The molecule has 0 saturated heterocycles. The number of hydrogen-bond donors (Lipinski definition) is 1. The van der Waals surface area contributed by atoms with Crippen LogP contribution < -0.4 is 15.0 Å². The van der Waals surface area contributed by atoms with E-state index in [2.05, 4.69) is 10.3 Å². The highest BCUT2D eigenvalue weighted by molar-refractivity contribution is 5.98. The van der Waals surface area contributed by atoms with Crippen molar-refractivity contribution < 1.29 is 9.53 Å². The summed E-state index contributed by atoms with van der Waals surface area (Å²) in [5, 5.41) is 2.93. The van der Waals surface area contributed by atoms with Gasteiger partial charge < -0.3 is 10.1 Å². The molecule has 2 rings (SSSR count). The van der Waals surface area contributed by atoms with Gasteiger partial charge in [0.25, 0.3) is 5.91 Å². The Bertz CT molecular complexity index is 381. The molecule has 0 spiro atoms. The minimum atomic E-state index is -0.461. The van der Waals surface area contributed by atoms with Crippen LogP contribution in [0.15, 0.2) is 18.3 Å². The van der Waals surface area contributed by atoms with Crippen LogP contribution in [-0.4, -0.2) is 37.6 Å². The molecule has 0 aromatic carbocycles. The van der Waals surface area contributed by atoms with Crippen molar-refractivity contribution in [3.63, 3.8) is 0 Å². The van der Waals surface area contributed by atoms with Gasteiger partial charge in [-0.2, -0.15) is 0 Å². The normalized spacial score (nSPS) is 19.7. The molecule has 1 aliphatic heterocycles. The monoisotopic (exact) mass is 207 g/mol. The average Bonchev–Trinajstić information content (AvgIpc) is 2.26. The van der Waals surface area contributed by atoms with E-state index in [4.69, 9.17) is 4.74 Å². The fourth-order valence-corrected chi connectivity index (χ4v) is 1.56. The Labute approximate surface area is 88.1 Å². The molecule has 1 unspecified atom stereocenters. The fourth-order valence-electron chi connectivity index (χ4n) is 1.56. The molecule has 1 aliphatic rings. The van der Waals surface area contributed by atoms with Crippen LogP contribution in [-0.2, 0) is 4.79 Å². The maximum absolute atomic E-state index is 11.8. The summed E-state index contributed by atoms with van der Waals surface area (Å²) in [6.07, 6.45) is 1.18. The molecule has 5 nitrogen and oxygen atoms in total. The summed E-state index contributed by atoms with van der Waals surface area (Å²) in [6, 6.07) is 3.60. The summed E-state index contributed by atoms with van der Waals surface area (Å²) in [7, 11) is 3.49. The van der Waals surface area contributed by atoms with Crippen LogP contribution in [0.25, 0.3) is 0 Å². The summed E-state index contributed by atoms with van der Waals surface area (Å²) in [4.78, 5) is 17.4. The van der Waals surface area contributed by atoms with E-state index in [-0.39, 0.29) is 5.91 Å². The van der Waals surface area contributed by atoms with E-state index >= 15 is 0 Å². The van der Waals surface area contributed by atoms with Gasteiger partial charge in [0.05, 0.1) is 0 Å². The minimum Gasteiger partial charge on any atom is -0.475 e. The lowest BCUT2D eigenvalue weighted by atomic mass is 10.2. The SMILES string of the molecule is CNCC1Oc2cccnc2N(C)C1=O. The lowest BCUT2D eigenvalue weighted by Gasteiger charge is -2.30. The summed E-state index contributed by atoms with van der Waals surface area (Å²) < 4.78 is 5.54. The first kappa shape index (κ1) is 9.92. The van der Waals surface area contributed by atoms with Crippen LogP contribution in [0.3, 0.4) is 0 Å². The van der Waals surface area contributed by atoms with E-state index < -0.39 is 6.10 Å². The number of fused-ring (bicyclic) bond motifs is 1. The number of likely N-dealkylation sites (N-methyl/N-ethyl adjacent to an activating group) is 2. The third-order valence-electron chi connectivity index (χ3n) is 2.33. The van der Waals surface area contributed by atoms with Crippen molar-refractivity contribution in [3.8, 4) is 5.75 Å². The zero-order valence-corrected chi connectivity index (χ0v) is 8.73. The first-order chi connectivity index (χ1) is 7.24. The van der Waals surface area contributed by atoms with Gasteiger partial charge in [-0.3, -0.25) is 9.69 Å². The van der Waals surface area contributed by atoms with E-state index in [1.165, 1.54) is 4.90 Å². The van der Waals surface area contributed by atoms with E-state index in [9.17, 15) is 4.79 Å². The molecule has 0 saturated carbocycles. The highest BCUT2D eigenvalue weighted by Crippen LogP contribution is 2.29. The van der Waals surface area contributed by atoms with Crippen LogP contribution >= 0.6 is 0 Å². The summed E-state index contributed by atoms with van der Waals surface area (Å²) in [6.45, 7) is 0.498. The van der Waals surface area contributed by atoms with Crippen LogP contribution in [0.4, 0.5) is 5.82 Å². The lowest BCUT2D eigenvalue weighted by molar-refractivity contribution is -0.125. The molecule has 1 aromatic heterocycles. The number of nitrogens with zero attached hydrogens (tertiary/aromatic N) is 2. The first-order valence-corrected chi connectivity index (χ1v) is 4.78. The number of carbonyl (C=O) groups is 1. The second-order valence-electron chi connectivity index (χ2n) is 3.39. The number of hydrogen-bond acceptors (Lipinski definition) is 4. The van der Waals surface area contributed by atoms with Gasteiger partial charge in [0.2, 0.25) is 0 Å². The van der Waals surface area contributed by atoms with Crippen molar-refractivity contribution in [2.75, 3.05) is 25.5 Å². The molecular weight excluding hydrogens is 194 g/mol. The molecule has 0 fully saturated rings. The average molecular weight is 207 g/mol. The predicted octanol–water partition coefficient (Wildman–Crippen LogP) is 0.0248. The molecule has 1 N–H and O–H groups in total. The Balaban J connectivity index is 2.32. The van der Waals surface area contributed by atoms with Crippen LogP contribution in [0, 0.1) is 0 Å². The summed E-state index contributed by atoms with van der Waals surface area (Å²) >= 11 is 0. The Morgan fingerprint density at radius 2 is 2.47 bits per heavy atom. The molecule has 0 aliphatic carbocycles. The number of rotatable bonds is 2. The molecule has 0 bridgehead atoms. The highest BCUT2D eigenvalue weighted by atomic mass is 16.5. The lowest BCUT2D eigenvalue weighted by Crippen LogP contribution is -2.48. The van der Waals surface area contributed by atoms with Crippen molar-refractivity contribution >= 4 is 11.7 Å². The van der Waals surface area contributed by atoms with E-state index in [0.29, 0.717) is 18.1 Å². The van der Waals surface area contributed by atoms with E-state index in [1.807, 2.05) is 6.07 Å². The van der Waals surface area contributed by atoms with Gasteiger partial charge in [-0.05, 0) is 19.2 Å². The van der Waals surface area contributed by atoms with Crippen LogP contribution in [0.5, 0.6) is 5.75 Å². The molecule has 1 amide bonds. The molecular formula is C10H13N3O2. The third-order valence-corrected chi connectivity index (χ3v) is 2.33. The predicted molar refractivity (Wildman–Crippen MR) is 56.0 cm³/mol. The van der Waals surface area contributed by atoms with Gasteiger partial charge in [-0.1, -0.05) is 0 Å². The van der Waals surface area contributed by atoms with Gasteiger partial charge in [-0.25, -0.2) is 4.98 Å². The van der Waals surface area contributed by atoms with Gasteiger partial charge in [0.15, 0.2) is 17.7 Å². The Kier molecular flexibility index (Phi) is 2.55. The van der Waals surface area contributed by atoms with Gasteiger partial charge in [0.1, 0.15) is 0 Å². The van der Waals surface area contributed by atoms with Crippen molar-refractivity contribution in [3.05, 3.63) is 18.3 Å². The number of aromatic nitrogens is 1. The smallest absolute Gasteiger partial charge is 0.270 e. The molecule has 1 aromatic rings. The number of ether oxygens (including phenoxy) is 1.